The zero-order chi connectivity index (χ0) is 17.6. The molecule has 0 aliphatic heterocycles. The van der Waals surface area contributed by atoms with Crippen LogP contribution in [-0.2, 0) is 0 Å². The van der Waals surface area contributed by atoms with Gasteiger partial charge in [-0.2, -0.15) is 0 Å². The molecule has 0 bridgehead atoms. The van der Waals surface area contributed by atoms with Crippen LogP contribution < -0.4 is 25.8 Å². The summed E-state index contributed by atoms with van der Waals surface area (Å²) in [7, 11) is 0. The van der Waals surface area contributed by atoms with Gasteiger partial charge in [0.25, 0.3) is 0 Å². The maximum absolute atomic E-state index is 9.82. The second kappa shape index (κ2) is 13.0. The summed E-state index contributed by atoms with van der Waals surface area (Å²) >= 11 is 0. The molecule has 24 heavy (non-hydrogen) atoms. The number of nitrogens with two attached hydrogens (primary N) is 1. The van der Waals surface area contributed by atoms with Crippen LogP contribution >= 0.6 is 0 Å². The van der Waals surface area contributed by atoms with Gasteiger partial charge in [-0.15, -0.1) is 0 Å². The van der Waals surface area contributed by atoms with E-state index in [4.69, 9.17) is 15.2 Å². The average molecular weight is 341 g/mol. The van der Waals surface area contributed by atoms with Gasteiger partial charge < -0.3 is 36.1 Å². The molecule has 0 aromatic heterocycles. The molecule has 1 aromatic carbocycles. The first-order valence-electron chi connectivity index (χ1n) is 8.49. The number of benzene rings is 1. The SMILES string of the molecule is CCCNCC(O)COc1cccc(OCC(O)CNCCN)c1. The molecule has 0 radical (unpaired) electrons. The van der Waals surface area contributed by atoms with E-state index in [-0.39, 0.29) is 13.2 Å². The number of aliphatic hydroxyl groups is 2. The Kier molecular flexibility index (Phi) is 11.2. The van der Waals surface area contributed by atoms with Crippen molar-refractivity contribution >= 4 is 0 Å². The molecule has 0 saturated carbocycles. The molecule has 1 aromatic rings. The maximum atomic E-state index is 9.82. The third-order valence-corrected chi connectivity index (χ3v) is 3.20. The van der Waals surface area contributed by atoms with Crippen LogP contribution in [0.5, 0.6) is 11.5 Å². The van der Waals surface area contributed by atoms with Crippen molar-refractivity contribution in [1.29, 1.82) is 0 Å². The molecule has 1 rings (SSSR count). The van der Waals surface area contributed by atoms with Crippen molar-refractivity contribution < 1.29 is 19.7 Å². The molecule has 138 valence electrons. The molecule has 2 atom stereocenters. The maximum Gasteiger partial charge on any atom is 0.123 e. The lowest BCUT2D eigenvalue weighted by Crippen LogP contribution is -2.34. The van der Waals surface area contributed by atoms with E-state index in [1.165, 1.54) is 0 Å². The highest BCUT2D eigenvalue weighted by molar-refractivity contribution is 5.32. The molecule has 6 N–H and O–H groups in total. The minimum Gasteiger partial charge on any atom is -0.491 e. The molecule has 2 unspecified atom stereocenters. The van der Waals surface area contributed by atoms with E-state index in [0.29, 0.717) is 37.7 Å². The second-order valence-electron chi connectivity index (χ2n) is 5.60. The lowest BCUT2D eigenvalue weighted by atomic mass is 10.3. The second-order valence-corrected chi connectivity index (χ2v) is 5.60. The van der Waals surface area contributed by atoms with Gasteiger partial charge in [0.15, 0.2) is 0 Å². The van der Waals surface area contributed by atoms with Crippen molar-refractivity contribution in [1.82, 2.24) is 10.6 Å². The van der Waals surface area contributed by atoms with E-state index < -0.39 is 12.2 Å². The van der Waals surface area contributed by atoms with Crippen molar-refractivity contribution in [3.63, 3.8) is 0 Å². The van der Waals surface area contributed by atoms with E-state index in [9.17, 15) is 10.2 Å². The van der Waals surface area contributed by atoms with Crippen molar-refractivity contribution in [3.8, 4) is 11.5 Å². The van der Waals surface area contributed by atoms with Gasteiger partial charge in [0.05, 0.1) is 0 Å². The van der Waals surface area contributed by atoms with E-state index in [2.05, 4.69) is 17.6 Å². The number of aliphatic hydroxyl groups excluding tert-OH is 2. The molecule has 0 fully saturated rings. The molecule has 0 heterocycles. The summed E-state index contributed by atoms with van der Waals surface area (Å²) in [5, 5.41) is 25.8. The van der Waals surface area contributed by atoms with Crippen LogP contribution in [0.4, 0.5) is 0 Å². The lowest BCUT2D eigenvalue weighted by Gasteiger charge is -2.15. The van der Waals surface area contributed by atoms with Crippen LogP contribution in [0.25, 0.3) is 0 Å². The van der Waals surface area contributed by atoms with Gasteiger partial charge in [-0.3, -0.25) is 0 Å². The zero-order valence-electron chi connectivity index (χ0n) is 14.4. The Morgan fingerprint density at radius 1 is 1.00 bits per heavy atom. The number of rotatable bonds is 14. The molecule has 0 spiro atoms. The van der Waals surface area contributed by atoms with E-state index >= 15 is 0 Å². The topological polar surface area (TPSA) is 109 Å². The molecule has 0 aliphatic rings. The molecule has 0 amide bonds. The molecule has 0 aliphatic carbocycles. The highest BCUT2D eigenvalue weighted by Gasteiger charge is 2.07. The minimum absolute atomic E-state index is 0.185. The van der Waals surface area contributed by atoms with Gasteiger partial charge in [0.1, 0.15) is 36.9 Å². The number of nitrogens with one attached hydrogen (secondary N) is 2. The third-order valence-electron chi connectivity index (χ3n) is 3.20. The summed E-state index contributed by atoms with van der Waals surface area (Å²) in [5.74, 6) is 1.24. The van der Waals surface area contributed by atoms with Gasteiger partial charge in [0, 0.05) is 32.2 Å². The van der Waals surface area contributed by atoms with Crippen LogP contribution in [0.15, 0.2) is 24.3 Å². The summed E-state index contributed by atoms with van der Waals surface area (Å²) in [4.78, 5) is 0. The Hall–Kier alpha value is -1.38. The third kappa shape index (κ3) is 9.69. The van der Waals surface area contributed by atoms with Gasteiger partial charge in [-0.05, 0) is 25.1 Å². The first kappa shape index (κ1) is 20.7. The van der Waals surface area contributed by atoms with Crippen LogP contribution in [0.3, 0.4) is 0 Å². The van der Waals surface area contributed by atoms with Gasteiger partial charge in [0.2, 0.25) is 0 Å². The van der Waals surface area contributed by atoms with Crippen molar-refractivity contribution in [2.24, 2.45) is 5.73 Å². The fourth-order valence-electron chi connectivity index (χ4n) is 1.97. The summed E-state index contributed by atoms with van der Waals surface area (Å²) in [6, 6.07) is 7.15. The van der Waals surface area contributed by atoms with E-state index in [1.807, 2.05) is 6.07 Å². The predicted octanol–water partition coefficient (Wildman–Crippen LogP) is -0.286. The molecular formula is C17H31N3O4. The standard InChI is InChI=1S/C17H31N3O4/c1-2-7-19-10-14(21)12-23-16-4-3-5-17(9-16)24-13-15(22)11-20-8-6-18/h3-5,9,14-15,19-22H,2,6-8,10-13,18H2,1H3. The molecule has 7 nitrogen and oxygen atoms in total. The van der Waals surface area contributed by atoms with Gasteiger partial charge in [-0.1, -0.05) is 13.0 Å². The van der Waals surface area contributed by atoms with E-state index in [0.717, 1.165) is 13.0 Å². The normalized spacial score (nSPS) is 13.5. The molecule has 7 heteroatoms. The summed E-state index contributed by atoms with van der Waals surface area (Å²) in [5.41, 5.74) is 5.37. The Morgan fingerprint density at radius 2 is 1.54 bits per heavy atom. The van der Waals surface area contributed by atoms with Gasteiger partial charge >= 0.3 is 0 Å². The Balaban J connectivity index is 2.30. The number of hydrogen-bond donors (Lipinski definition) is 5. The largest absolute Gasteiger partial charge is 0.491 e. The van der Waals surface area contributed by atoms with Crippen LogP contribution in [0.2, 0.25) is 0 Å². The monoisotopic (exact) mass is 341 g/mol. The van der Waals surface area contributed by atoms with Crippen LogP contribution in [0.1, 0.15) is 13.3 Å². The lowest BCUT2D eigenvalue weighted by molar-refractivity contribution is 0.103. The highest BCUT2D eigenvalue weighted by atomic mass is 16.5. The molecule has 0 saturated heterocycles. The number of hydrogen-bond acceptors (Lipinski definition) is 7. The van der Waals surface area contributed by atoms with Crippen molar-refractivity contribution in [2.75, 3.05) is 45.9 Å². The van der Waals surface area contributed by atoms with Crippen molar-refractivity contribution in [3.05, 3.63) is 24.3 Å². The summed E-state index contributed by atoms with van der Waals surface area (Å²) in [6.07, 6.45) is -0.134. The number of ether oxygens (including phenoxy) is 2. The quantitative estimate of drug-likeness (QED) is 0.296. The van der Waals surface area contributed by atoms with Gasteiger partial charge in [-0.25, -0.2) is 0 Å². The summed E-state index contributed by atoms with van der Waals surface area (Å²) < 4.78 is 11.1. The molecular weight excluding hydrogens is 310 g/mol. The minimum atomic E-state index is -0.604. The smallest absolute Gasteiger partial charge is 0.123 e. The Labute approximate surface area is 144 Å². The first-order valence-corrected chi connectivity index (χ1v) is 8.49. The van der Waals surface area contributed by atoms with E-state index in [1.54, 1.807) is 18.2 Å². The Morgan fingerprint density at radius 3 is 2.04 bits per heavy atom. The highest BCUT2D eigenvalue weighted by Crippen LogP contribution is 2.19. The first-order chi connectivity index (χ1) is 11.7. The predicted molar refractivity (Wildman–Crippen MR) is 94.5 cm³/mol. The fourth-order valence-corrected chi connectivity index (χ4v) is 1.97. The van der Waals surface area contributed by atoms with Crippen LogP contribution in [-0.4, -0.2) is 68.4 Å². The summed E-state index contributed by atoms with van der Waals surface area (Å²) in [6.45, 7) is 5.49. The van der Waals surface area contributed by atoms with Crippen LogP contribution in [0, 0.1) is 0 Å². The Bertz CT molecular complexity index is 399. The zero-order valence-corrected chi connectivity index (χ0v) is 14.4. The van der Waals surface area contributed by atoms with Crippen molar-refractivity contribution in [2.45, 2.75) is 25.6 Å². The fraction of sp³-hybridized carbons (Fsp3) is 0.647. The average Bonchev–Trinajstić information content (AvgIpc) is 2.59.